The summed E-state index contributed by atoms with van der Waals surface area (Å²) in [5.41, 5.74) is 4.24. The predicted molar refractivity (Wildman–Crippen MR) is 113 cm³/mol. The molecule has 1 aliphatic rings. The second-order valence-corrected chi connectivity index (χ2v) is 7.75. The molecule has 2 aromatic carbocycles. The Kier molecular flexibility index (Phi) is 4.49. The molecule has 0 spiro atoms. The van der Waals surface area contributed by atoms with Crippen molar-refractivity contribution in [2.24, 2.45) is 0 Å². The van der Waals surface area contributed by atoms with Gasteiger partial charge in [0.1, 0.15) is 11.3 Å². The number of furan rings is 1. The summed E-state index contributed by atoms with van der Waals surface area (Å²) >= 11 is 0. The number of aromatic nitrogens is 2. The van der Waals surface area contributed by atoms with E-state index in [1.165, 1.54) is 24.8 Å². The molecule has 0 radical (unpaired) electrons. The number of fused-ring (bicyclic) bond motifs is 1. The lowest BCUT2D eigenvalue weighted by Crippen LogP contribution is -2.28. The first-order chi connectivity index (χ1) is 13.8. The van der Waals surface area contributed by atoms with Crippen LogP contribution in [0.2, 0.25) is 0 Å². The Morgan fingerprint density at radius 2 is 1.96 bits per heavy atom. The van der Waals surface area contributed by atoms with Gasteiger partial charge in [0, 0.05) is 36.2 Å². The van der Waals surface area contributed by atoms with Crippen LogP contribution in [0.5, 0.6) is 0 Å². The molecule has 28 heavy (non-hydrogen) atoms. The largest absolute Gasteiger partial charge is 0.461 e. The third kappa shape index (κ3) is 3.36. The molecule has 5 rings (SSSR count). The zero-order chi connectivity index (χ0) is 18.9. The molecule has 4 aromatic rings. The number of para-hydroxylation sites is 1. The number of hydrogen-bond donors (Lipinski definition) is 0. The smallest absolute Gasteiger partial charge is 0.134 e. The monoisotopic (exact) mass is 371 g/mol. The molecular formula is C24H25N3O. The van der Waals surface area contributed by atoms with Crippen molar-refractivity contribution in [3.63, 3.8) is 0 Å². The summed E-state index contributed by atoms with van der Waals surface area (Å²) in [5, 5.41) is 5.68. The van der Waals surface area contributed by atoms with Crippen molar-refractivity contribution in [2.45, 2.75) is 32.2 Å². The van der Waals surface area contributed by atoms with Gasteiger partial charge in [0.05, 0.1) is 11.9 Å². The van der Waals surface area contributed by atoms with Gasteiger partial charge in [-0.25, -0.2) is 4.68 Å². The highest BCUT2D eigenvalue weighted by molar-refractivity contribution is 5.83. The van der Waals surface area contributed by atoms with E-state index in [0.29, 0.717) is 6.04 Å². The van der Waals surface area contributed by atoms with Crippen molar-refractivity contribution in [1.82, 2.24) is 14.7 Å². The van der Waals surface area contributed by atoms with Crippen molar-refractivity contribution in [3.05, 3.63) is 72.8 Å². The second-order valence-electron chi connectivity index (χ2n) is 7.75. The van der Waals surface area contributed by atoms with Crippen molar-refractivity contribution in [1.29, 1.82) is 0 Å². The average molecular weight is 371 g/mol. The summed E-state index contributed by atoms with van der Waals surface area (Å²) in [6, 6.07) is 19.5. The molecule has 0 unspecified atom stereocenters. The van der Waals surface area contributed by atoms with Crippen LogP contribution in [0.4, 0.5) is 0 Å². The maximum atomic E-state index is 6.16. The third-order valence-electron chi connectivity index (χ3n) is 5.84. The maximum Gasteiger partial charge on any atom is 0.134 e. The molecule has 0 saturated carbocycles. The molecule has 0 amide bonds. The number of hydrogen-bond acceptors (Lipinski definition) is 3. The molecule has 0 aliphatic carbocycles. The average Bonchev–Trinajstić information content (AvgIpc) is 3.46. The Labute approximate surface area is 165 Å². The van der Waals surface area contributed by atoms with E-state index in [2.05, 4.69) is 59.5 Å². The van der Waals surface area contributed by atoms with Gasteiger partial charge in [-0.2, -0.15) is 5.10 Å². The number of likely N-dealkylation sites (tertiary alicyclic amines) is 1. The minimum absolute atomic E-state index is 0.706. The van der Waals surface area contributed by atoms with Crippen LogP contribution >= 0.6 is 0 Å². The SMILES string of the molecule is C[C@@H]1CCCN1CCc1cc2ccc(-c3cnn(-c4ccccc4)c3)cc2o1. The molecule has 0 N–H and O–H groups in total. The highest BCUT2D eigenvalue weighted by Crippen LogP contribution is 2.28. The Morgan fingerprint density at radius 3 is 2.79 bits per heavy atom. The summed E-state index contributed by atoms with van der Waals surface area (Å²) in [6.07, 6.45) is 7.59. The van der Waals surface area contributed by atoms with Gasteiger partial charge in [0.2, 0.25) is 0 Å². The lowest BCUT2D eigenvalue weighted by Gasteiger charge is -2.19. The van der Waals surface area contributed by atoms with E-state index < -0.39 is 0 Å². The molecule has 1 saturated heterocycles. The lowest BCUT2D eigenvalue weighted by molar-refractivity contribution is 0.266. The fourth-order valence-electron chi connectivity index (χ4n) is 4.16. The summed E-state index contributed by atoms with van der Waals surface area (Å²) < 4.78 is 8.07. The van der Waals surface area contributed by atoms with Crippen LogP contribution in [-0.4, -0.2) is 33.8 Å². The second kappa shape index (κ2) is 7.28. The van der Waals surface area contributed by atoms with Gasteiger partial charge in [-0.1, -0.05) is 30.3 Å². The molecule has 1 aliphatic heterocycles. The molecule has 3 heterocycles. The topological polar surface area (TPSA) is 34.2 Å². The van der Waals surface area contributed by atoms with E-state index in [4.69, 9.17) is 4.42 Å². The minimum Gasteiger partial charge on any atom is -0.461 e. The van der Waals surface area contributed by atoms with E-state index >= 15 is 0 Å². The zero-order valence-electron chi connectivity index (χ0n) is 16.2. The fourth-order valence-corrected chi connectivity index (χ4v) is 4.16. The van der Waals surface area contributed by atoms with Crippen LogP contribution in [0.1, 0.15) is 25.5 Å². The van der Waals surface area contributed by atoms with Gasteiger partial charge in [-0.05, 0) is 56.1 Å². The molecular weight excluding hydrogens is 346 g/mol. The minimum atomic E-state index is 0.706. The summed E-state index contributed by atoms with van der Waals surface area (Å²) in [4.78, 5) is 2.57. The number of nitrogens with zero attached hydrogens (tertiary/aromatic N) is 3. The highest BCUT2D eigenvalue weighted by atomic mass is 16.3. The number of benzene rings is 2. The van der Waals surface area contributed by atoms with Crippen LogP contribution in [0.25, 0.3) is 27.8 Å². The molecule has 2 aromatic heterocycles. The van der Waals surface area contributed by atoms with Crippen LogP contribution in [0.15, 0.2) is 71.4 Å². The molecule has 4 heteroatoms. The van der Waals surface area contributed by atoms with E-state index in [9.17, 15) is 0 Å². The summed E-state index contributed by atoms with van der Waals surface area (Å²) in [5.74, 6) is 1.08. The lowest BCUT2D eigenvalue weighted by atomic mass is 10.1. The Bertz CT molecular complexity index is 1080. The Balaban J connectivity index is 1.36. The van der Waals surface area contributed by atoms with E-state index in [0.717, 1.165) is 41.1 Å². The summed E-state index contributed by atoms with van der Waals surface area (Å²) in [7, 11) is 0. The van der Waals surface area contributed by atoms with E-state index in [1.54, 1.807) is 0 Å². The number of rotatable bonds is 5. The predicted octanol–water partition coefficient (Wildman–Crippen LogP) is 5.31. The molecule has 4 nitrogen and oxygen atoms in total. The van der Waals surface area contributed by atoms with Crippen LogP contribution in [-0.2, 0) is 6.42 Å². The van der Waals surface area contributed by atoms with E-state index in [1.807, 2.05) is 29.1 Å². The van der Waals surface area contributed by atoms with Gasteiger partial charge in [-0.15, -0.1) is 0 Å². The standard InChI is InChI=1S/C24H25N3O/c1-18-6-5-12-26(18)13-11-23-14-20-10-9-19(15-24(20)28-23)21-16-25-27(17-21)22-7-3-2-4-8-22/h2-4,7-10,14-18H,5-6,11-13H2,1H3/t18-/m1/s1. The molecule has 0 bridgehead atoms. The van der Waals surface area contributed by atoms with Crippen LogP contribution in [0, 0.1) is 0 Å². The third-order valence-corrected chi connectivity index (χ3v) is 5.84. The van der Waals surface area contributed by atoms with Gasteiger partial charge < -0.3 is 9.32 Å². The Hall–Kier alpha value is -2.85. The molecule has 142 valence electrons. The van der Waals surface area contributed by atoms with Gasteiger partial charge in [-0.3, -0.25) is 0 Å². The van der Waals surface area contributed by atoms with E-state index in [-0.39, 0.29) is 0 Å². The van der Waals surface area contributed by atoms with Crippen molar-refractivity contribution in [2.75, 3.05) is 13.1 Å². The highest BCUT2D eigenvalue weighted by Gasteiger charge is 2.20. The first kappa shape index (κ1) is 17.3. The molecule has 1 fully saturated rings. The molecule has 1 atom stereocenters. The first-order valence-corrected chi connectivity index (χ1v) is 10.1. The Morgan fingerprint density at radius 1 is 1.07 bits per heavy atom. The van der Waals surface area contributed by atoms with Gasteiger partial charge in [0.15, 0.2) is 0 Å². The van der Waals surface area contributed by atoms with Crippen molar-refractivity contribution < 1.29 is 4.42 Å². The normalized spacial score (nSPS) is 17.5. The zero-order valence-corrected chi connectivity index (χ0v) is 16.2. The summed E-state index contributed by atoms with van der Waals surface area (Å²) in [6.45, 7) is 4.63. The van der Waals surface area contributed by atoms with Gasteiger partial charge >= 0.3 is 0 Å². The first-order valence-electron chi connectivity index (χ1n) is 10.1. The van der Waals surface area contributed by atoms with Crippen molar-refractivity contribution in [3.8, 4) is 16.8 Å². The van der Waals surface area contributed by atoms with Gasteiger partial charge in [0.25, 0.3) is 0 Å². The maximum absolute atomic E-state index is 6.16. The van der Waals surface area contributed by atoms with Crippen LogP contribution < -0.4 is 0 Å². The fraction of sp³-hybridized carbons (Fsp3) is 0.292. The quantitative estimate of drug-likeness (QED) is 0.477. The van der Waals surface area contributed by atoms with Crippen molar-refractivity contribution >= 4 is 11.0 Å². The van der Waals surface area contributed by atoms with Crippen LogP contribution in [0.3, 0.4) is 0 Å².